The van der Waals surface area contributed by atoms with Gasteiger partial charge in [0.05, 0.1) is 6.10 Å². The van der Waals surface area contributed by atoms with Crippen molar-refractivity contribution in [1.82, 2.24) is 5.32 Å². The quantitative estimate of drug-likeness (QED) is 0.571. The molecule has 1 aromatic carbocycles. The van der Waals surface area contributed by atoms with Crippen molar-refractivity contribution in [3.8, 4) is 5.75 Å². The number of benzene rings is 1. The van der Waals surface area contributed by atoms with Crippen LogP contribution in [-0.4, -0.2) is 44.4 Å². The van der Waals surface area contributed by atoms with E-state index in [-0.39, 0.29) is 18.5 Å². The first kappa shape index (κ1) is 18.9. The maximum atomic E-state index is 12.0. The van der Waals surface area contributed by atoms with Gasteiger partial charge in [-0.15, -0.1) is 0 Å². The Morgan fingerprint density at radius 3 is 2.72 bits per heavy atom. The summed E-state index contributed by atoms with van der Waals surface area (Å²) in [6.45, 7) is -2.16. The minimum Gasteiger partial charge on any atom is -0.452 e. The molecule has 0 saturated carbocycles. The normalized spacial score (nSPS) is 17.0. The number of hydrogen-bond donors (Lipinski definition) is 1. The number of amides is 1. The summed E-state index contributed by atoms with van der Waals surface area (Å²) in [5.74, 6) is -1.05. The Bertz CT molecular complexity index is 598. The van der Waals surface area contributed by atoms with Gasteiger partial charge in [0.1, 0.15) is 5.75 Å². The molecule has 1 aromatic rings. The van der Waals surface area contributed by atoms with Crippen molar-refractivity contribution in [2.24, 2.45) is 0 Å². The molecule has 1 aliphatic heterocycles. The van der Waals surface area contributed by atoms with E-state index in [0.717, 1.165) is 18.9 Å². The Kier molecular flexibility index (Phi) is 7.34. The fraction of sp³-hybridized carbons (Fsp3) is 0.412. The van der Waals surface area contributed by atoms with Gasteiger partial charge in [-0.05, 0) is 36.6 Å². The number of halogens is 2. The number of hydrogen-bond acceptors (Lipinski definition) is 5. The first-order chi connectivity index (χ1) is 12.0. The second-order valence-corrected chi connectivity index (χ2v) is 5.33. The van der Waals surface area contributed by atoms with Crippen LogP contribution in [0.5, 0.6) is 5.75 Å². The second-order valence-electron chi connectivity index (χ2n) is 5.33. The molecule has 1 fully saturated rings. The fourth-order valence-corrected chi connectivity index (χ4v) is 2.19. The fourth-order valence-electron chi connectivity index (χ4n) is 2.19. The first-order valence-corrected chi connectivity index (χ1v) is 7.81. The van der Waals surface area contributed by atoms with E-state index in [0.29, 0.717) is 18.7 Å². The van der Waals surface area contributed by atoms with Crippen LogP contribution in [0.25, 0.3) is 6.08 Å². The lowest BCUT2D eigenvalue weighted by molar-refractivity contribution is -0.143. The molecule has 0 aliphatic carbocycles. The van der Waals surface area contributed by atoms with Crippen LogP contribution >= 0.6 is 0 Å². The minimum atomic E-state index is -2.89. The Labute approximate surface area is 143 Å². The third-order valence-corrected chi connectivity index (χ3v) is 3.41. The number of carbonyl (C=O) groups excluding carboxylic acids is 2. The molecule has 0 aromatic heterocycles. The molecule has 1 N–H and O–H groups in total. The smallest absolute Gasteiger partial charge is 0.387 e. The Morgan fingerprint density at radius 1 is 1.32 bits per heavy atom. The standard InChI is InChI=1S/C17H19F2NO5/c18-17(19)25-13-6-3-12(4-7-13)5-8-16(22)24-11-15(21)20-10-14-2-1-9-23-14/h3-8,14,17H,1-2,9-11H2,(H,20,21)/b8-5+/t14-/m0/s1. The zero-order valence-electron chi connectivity index (χ0n) is 13.5. The molecule has 0 spiro atoms. The number of carbonyl (C=O) groups is 2. The lowest BCUT2D eigenvalue weighted by atomic mass is 10.2. The van der Waals surface area contributed by atoms with E-state index in [4.69, 9.17) is 9.47 Å². The highest BCUT2D eigenvalue weighted by atomic mass is 19.3. The lowest BCUT2D eigenvalue weighted by Gasteiger charge is -2.10. The Balaban J connectivity index is 1.68. The molecule has 1 amide bonds. The Hall–Kier alpha value is -2.48. The van der Waals surface area contributed by atoms with Gasteiger partial charge in [-0.2, -0.15) is 8.78 Å². The van der Waals surface area contributed by atoms with Crippen LogP contribution in [-0.2, 0) is 19.1 Å². The number of rotatable bonds is 8. The van der Waals surface area contributed by atoms with Crippen LogP contribution in [0.2, 0.25) is 0 Å². The van der Waals surface area contributed by atoms with Crippen molar-refractivity contribution in [2.45, 2.75) is 25.6 Å². The molecule has 1 atom stereocenters. The molecule has 0 unspecified atom stereocenters. The molecule has 1 aliphatic rings. The van der Waals surface area contributed by atoms with Crippen LogP contribution in [0, 0.1) is 0 Å². The van der Waals surface area contributed by atoms with Gasteiger partial charge in [-0.3, -0.25) is 4.79 Å². The molecule has 8 heteroatoms. The van der Waals surface area contributed by atoms with Crippen molar-refractivity contribution in [2.75, 3.05) is 19.8 Å². The van der Waals surface area contributed by atoms with E-state index in [1.54, 1.807) is 0 Å². The molecular weight excluding hydrogens is 336 g/mol. The monoisotopic (exact) mass is 355 g/mol. The highest BCUT2D eigenvalue weighted by Gasteiger charge is 2.16. The van der Waals surface area contributed by atoms with Gasteiger partial charge in [0, 0.05) is 19.2 Å². The molecule has 2 rings (SSSR count). The second kappa shape index (κ2) is 9.73. The van der Waals surface area contributed by atoms with Crippen molar-refractivity contribution >= 4 is 18.0 Å². The summed E-state index contributed by atoms with van der Waals surface area (Å²) in [7, 11) is 0. The summed E-state index contributed by atoms with van der Waals surface area (Å²) >= 11 is 0. The van der Waals surface area contributed by atoms with Gasteiger partial charge in [0.25, 0.3) is 5.91 Å². The van der Waals surface area contributed by atoms with Gasteiger partial charge in [-0.1, -0.05) is 12.1 Å². The summed E-state index contributed by atoms with van der Waals surface area (Å²) in [4.78, 5) is 23.1. The molecule has 0 bridgehead atoms. The van der Waals surface area contributed by atoms with E-state index >= 15 is 0 Å². The highest BCUT2D eigenvalue weighted by Crippen LogP contribution is 2.15. The van der Waals surface area contributed by atoms with Crippen molar-refractivity contribution in [1.29, 1.82) is 0 Å². The summed E-state index contributed by atoms with van der Waals surface area (Å²) in [5, 5.41) is 2.64. The molecular formula is C17H19F2NO5. The molecule has 136 valence electrons. The molecule has 25 heavy (non-hydrogen) atoms. The predicted octanol–water partition coefficient (Wildman–Crippen LogP) is 2.14. The maximum absolute atomic E-state index is 12.0. The molecule has 6 nitrogen and oxygen atoms in total. The van der Waals surface area contributed by atoms with E-state index in [1.807, 2.05) is 0 Å². The van der Waals surface area contributed by atoms with Crippen LogP contribution in [0.15, 0.2) is 30.3 Å². The van der Waals surface area contributed by atoms with E-state index in [1.165, 1.54) is 30.3 Å². The SMILES string of the molecule is O=C(COC(=O)/C=C/c1ccc(OC(F)F)cc1)NC[C@@H]1CCCO1. The number of esters is 1. The molecule has 1 heterocycles. The third kappa shape index (κ3) is 7.30. The zero-order valence-corrected chi connectivity index (χ0v) is 13.5. The van der Waals surface area contributed by atoms with Crippen LogP contribution in [0.4, 0.5) is 8.78 Å². The predicted molar refractivity (Wildman–Crippen MR) is 85.1 cm³/mol. The van der Waals surface area contributed by atoms with Crippen molar-refractivity contribution < 1.29 is 32.6 Å². The minimum absolute atomic E-state index is 0.0246. The number of alkyl halides is 2. The van der Waals surface area contributed by atoms with Crippen molar-refractivity contribution in [3.63, 3.8) is 0 Å². The summed E-state index contributed by atoms with van der Waals surface area (Å²) in [6, 6.07) is 5.73. The third-order valence-electron chi connectivity index (χ3n) is 3.41. The summed E-state index contributed by atoms with van der Waals surface area (Å²) < 4.78 is 38.5. The van der Waals surface area contributed by atoms with Crippen LogP contribution < -0.4 is 10.1 Å². The number of nitrogens with one attached hydrogen (secondary N) is 1. The largest absolute Gasteiger partial charge is 0.452 e. The Morgan fingerprint density at radius 2 is 2.08 bits per heavy atom. The van der Waals surface area contributed by atoms with Crippen LogP contribution in [0.3, 0.4) is 0 Å². The van der Waals surface area contributed by atoms with E-state index < -0.39 is 18.5 Å². The van der Waals surface area contributed by atoms with Gasteiger partial charge >= 0.3 is 12.6 Å². The van der Waals surface area contributed by atoms with E-state index in [2.05, 4.69) is 10.1 Å². The lowest BCUT2D eigenvalue weighted by Crippen LogP contribution is -2.34. The van der Waals surface area contributed by atoms with Crippen molar-refractivity contribution in [3.05, 3.63) is 35.9 Å². The summed E-state index contributed by atoms with van der Waals surface area (Å²) in [5.41, 5.74) is 0.599. The maximum Gasteiger partial charge on any atom is 0.387 e. The van der Waals surface area contributed by atoms with Gasteiger partial charge in [0.2, 0.25) is 0 Å². The average Bonchev–Trinajstić information content (AvgIpc) is 3.10. The van der Waals surface area contributed by atoms with Gasteiger partial charge in [-0.25, -0.2) is 4.79 Å². The topological polar surface area (TPSA) is 73.9 Å². The molecule has 1 saturated heterocycles. The van der Waals surface area contributed by atoms with E-state index in [9.17, 15) is 18.4 Å². The molecule has 0 radical (unpaired) electrons. The zero-order chi connectivity index (χ0) is 18.1. The summed E-state index contributed by atoms with van der Waals surface area (Å²) in [6.07, 6.45) is 4.51. The van der Waals surface area contributed by atoms with Crippen LogP contribution in [0.1, 0.15) is 18.4 Å². The highest BCUT2D eigenvalue weighted by molar-refractivity contribution is 5.89. The van der Waals surface area contributed by atoms with Gasteiger partial charge in [0.15, 0.2) is 6.61 Å². The first-order valence-electron chi connectivity index (χ1n) is 7.81. The number of ether oxygens (including phenoxy) is 3. The van der Waals surface area contributed by atoms with Gasteiger partial charge < -0.3 is 19.5 Å². The average molecular weight is 355 g/mol.